The van der Waals surface area contributed by atoms with E-state index in [1.807, 2.05) is 12.1 Å². The molecule has 0 amide bonds. The van der Waals surface area contributed by atoms with E-state index in [2.05, 4.69) is 0 Å². The van der Waals surface area contributed by atoms with E-state index in [0.29, 0.717) is 5.69 Å². The van der Waals surface area contributed by atoms with Crippen molar-refractivity contribution in [3.8, 4) is 6.07 Å². The molecular weight excluding hydrogens is 212 g/mol. The molecule has 0 saturated heterocycles. The molecule has 0 atom stereocenters. The Labute approximate surface area is 89.8 Å². The Kier molecular flexibility index (Phi) is 3.69. The first-order valence-corrected chi connectivity index (χ1v) is 6.30. The second kappa shape index (κ2) is 4.80. The molecule has 0 spiro atoms. The fourth-order valence-corrected chi connectivity index (χ4v) is 2.16. The minimum atomic E-state index is -3.31. The summed E-state index contributed by atoms with van der Waals surface area (Å²) in [6.45, 7) is 0.194. The molecule has 0 N–H and O–H groups in total. The molecule has 0 heterocycles. The number of hydrogen-bond acceptors (Lipinski definition) is 3. The third kappa shape index (κ3) is 3.26. The van der Waals surface area contributed by atoms with Crippen LogP contribution in [0.3, 0.4) is 0 Å². The van der Waals surface area contributed by atoms with Crippen molar-refractivity contribution in [2.24, 2.45) is 0 Å². The minimum absolute atomic E-state index is 0.183. The Hall–Kier alpha value is -1.54. The van der Waals surface area contributed by atoms with Crippen LogP contribution >= 0.6 is 0 Å². The summed E-state index contributed by atoms with van der Waals surface area (Å²) >= 11 is 0. The summed E-state index contributed by atoms with van der Waals surface area (Å²) in [5.41, 5.74) is 0.593. The number of anilines is 1. The molecule has 0 aromatic heterocycles. The molecule has 0 bridgehead atoms. The van der Waals surface area contributed by atoms with Gasteiger partial charge in [-0.25, -0.2) is 8.42 Å². The van der Waals surface area contributed by atoms with Crippen molar-refractivity contribution in [3.05, 3.63) is 30.3 Å². The molecule has 80 valence electrons. The van der Waals surface area contributed by atoms with Gasteiger partial charge in [0.1, 0.15) is 0 Å². The zero-order valence-corrected chi connectivity index (χ0v) is 9.24. The van der Waals surface area contributed by atoms with Gasteiger partial charge in [-0.3, -0.25) is 4.31 Å². The maximum atomic E-state index is 11.5. The Morgan fingerprint density at radius 2 is 1.93 bits per heavy atom. The number of hydrogen-bond donors (Lipinski definition) is 0. The zero-order valence-electron chi connectivity index (χ0n) is 8.42. The van der Waals surface area contributed by atoms with E-state index in [9.17, 15) is 8.42 Å². The van der Waals surface area contributed by atoms with Crippen LogP contribution in [0.4, 0.5) is 5.69 Å². The largest absolute Gasteiger partial charge is 0.269 e. The Balaban J connectivity index is 2.98. The molecule has 0 fully saturated rings. The Morgan fingerprint density at radius 3 is 2.40 bits per heavy atom. The second-order valence-electron chi connectivity index (χ2n) is 3.08. The molecular formula is C10H12N2O2S. The van der Waals surface area contributed by atoms with E-state index in [0.717, 1.165) is 6.26 Å². The van der Waals surface area contributed by atoms with Crippen LogP contribution < -0.4 is 4.31 Å². The van der Waals surface area contributed by atoms with Gasteiger partial charge in [-0.15, -0.1) is 0 Å². The van der Waals surface area contributed by atoms with Gasteiger partial charge in [0.25, 0.3) is 0 Å². The van der Waals surface area contributed by atoms with Gasteiger partial charge in [-0.2, -0.15) is 5.26 Å². The van der Waals surface area contributed by atoms with Gasteiger partial charge in [0.05, 0.1) is 24.4 Å². The van der Waals surface area contributed by atoms with Gasteiger partial charge >= 0.3 is 0 Å². The van der Waals surface area contributed by atoms with Crippen molar-refractivity contribution in [1.29, 1.82) is 5.26 Å². The lowest BCUT2D eigenvalue weighted by atomic mass is 10.3. The number of para-hydroxylation sites is 1. The Morgan fingerprint density at radius 1 is 1.33 bits per heavy atom. The van der Waals surface area contributed by atoms with Gasteiger partial charge < -0.3 is 0 Å². The van der Waals surface area contributed by atoms with E-state index in [4.69, 9.17) is 5.26 Å². The predicted octanol–water partition coefficient (Wildman–Crippen LogP) is 1.37. The lowest BCUT2D eigenvalue weighted by Gasteiger charge is -2.20. The van der Waals surface area contributed by atoms with Crippen LogP contribution in [0.25, 0.3) is 0 Å². The molecule has 15 heavy (non-hydrogen) atoms. The fraction of sp³-hybridized carbons (Fsp3) is 0.300. The monoisotopic (exact) mass is 224 g/mol. The summed E-state index contributed by atoms with van der Waals surface area (Å²) in [4.78, 5) is 0. The molecule has 1 aromatic carbocycles. The Bertz CT molecular complexity index is 448. The molecule has 0 radical (unpaired) electrons. The van der Waals surface area contributed by atoms with Gasteiger partial charge in [0.2, 0.25) is 10.0 Å². The molecule has 0 aliphatic carbocycles. The van der Waals surface area contributed by atoms with Crippen LogP contribution in [0.5, 0.6) is 0 Å². The third-order valence-electron chi connectivity index (χ3n) is 1.87. The first-order valence-electron chi connectivity index (χ1n) is 4.45. The normalized spacial score (nSPS) is 10.7. The number of nitriles is 1. The summed E-state index contributed by atoms with van der Waals surface area (Å²) < 4.78 is 24.1. The highest BCUT2D eigenvalue weighted by atomic mass is 32.2. The van der Waals surface area contributed by atoms with Crippen molar-refractivity contribution in [2.75, 3.05) is 17.1 Å². The summed E-state index contributed by atoms with van der Waals surface area (Å²) in [5, 5.41) is 8.46. The minimum Gasteiger partial charge on any atom is -0.269 e. The smallest absolute Gasteiger partial charge is 0.232 e. The van der Waals surface area contributed by atoms with Gasteiger partial charge in [0, 0.05) is 6.54 Å². The summed E-state index contributed by atoms with van der Waals surface area (Å²) in [6, 6.07) is 10.7. The third-order valence-corrected chi connectivity index (χ3v) is 3.07. The van der Waals surface area contributed by atoms with Crippen molar-refractivity contribution in [3.63, 3.8) is 0 Å². The van der Waals surface area contributed by atoms with Gasteiger partial charge in [-0.05, 0) is 12.1 Å². The van der Waals surface area contributed by atoms with Crippen molar-refractivity contribution < 1.29 is 8.42 Å². The van der Waals surface area contributed by atoms with Crippen LogP contribution in [0, 0.1) is 11.3 Å². The number of benzene rings is 1. The number of rotatable bonds is 4. The molecule has 0 aliphatic rings. The van der Waals surface area contributed by atoms with E-state index in [-0.39, 0.29) is 13.0 Å². The van der Waals surface area contributed by atoms with Crippen LogP contribution in [-0.2, 0) is 10.0 Å². The van der Waals surface area contributed by atoms with Crippen molar-refractivity contribution in [1.82, 2.24) is 0 Å². The highest BCUT2D eigenvalue weighted by Gasteiger charge is 2.15. The average molecular weight is 224 g/mol. The molecule has 0 saturated carbocycles. The maximum absolute atomic E-state index is 11.5. The van der Waals surface area contributed by atoms with E-state index in [1.54, 1.807) is 24.3 Å². The molecule has 4 nitrogen and oxygen atoms in total. The first-order chi connectivity index (χ1) is 7.05. The summed E-state index contributed by atoms with van der Waals surface area (Å²) in [6.07, 6.45) is 1.32. The maximum Gasteiger partial charge on any atom is 0.232 e. The van der Waals surface area contributed by atoms with Crippen molar-refractivity contribution >= 4 is 15.7 Å². The van der Waals surface area contributed by atoms with Crippen LogP contribution in [0.1, 0.15) is 6.42 Å². The molecule has 0 unspecified atom stereocenters. The van der Waals surface area contributed by atoms with E-state index < -0.39 is 10.0 Å². The zero-order chi connectivity index (χ0) is 11.3. The van der Waals surface area contributed by atoms with Crippen LogP contribution in [0.2, 0.25) is 0 Å². The lowest BCUT2D eigenvalue weighted by Crippen LogP contribution is -2.30. The molecule has 1 aromatic rings. The topological polar surface area (TPSA) is 61.2 Å². The quantitative estimate of drug-likeness (QED) is 0.776. The molecule has 0 aliphatic heterocycles. The van der Waals surface area contributed by atoms with Crippen LogP contribution in [-0.4, -0.2) is 21.2 Å². The number of nitrogens with zero attached hydrogens (tertiary/aromatic N) is 2. The van der Waals surface area contributed by atoms with Crippen LogP contribution in [0.15, 0.2) is 30.3 Å². The standard InChI is InChI=1S/C10H12N2O2S/c1-15(13,14)12(9-5-8-11)10-6-3-2-4-7-10/h2-4,6-7H,5,9H2,1H3. The van der Waals surface area contributed by atoms with Gasteiger partial charge in [0.15, 0.2) is 0 Å². The van der Waals surface area contributed by atoms with Gasteiger partial charge in [-0.1, -0.05) is 18.2 Å². The van der Waals surface area contributed by atoms with E-state index in [1.165, 1.54) is 4.31 Å². The number of sulfonamides is 1. The first kappa shape index (κ1) is 11.5. The van der Waals surface area contributed by atoms with E-state index >= 15 is 0 Å². The molecule has 1 rings (SSSR count). The predicted molar refractivity (Wildman–Crippen MR) is 58.9 cm³/mol. The lowest BCUT2D eigenvalue weighted by molar-refractivity contribution is 0.597. The highest BCUT2D eigenvalue weighted by molar-refractivity contribution is 7.92. The highest BCUT2D eigenvalue weighted by Crippen LogP contribution is 2.16. The summed E-state index contributed by atoms with van der Waals surface area (Å²) in [5.74, 6) is 0. The molecule has 5 heteroatoms. The SMILES string of the molecule is CS(=O)(=O)N(CCC#N)c1ccccc1. The fourth-order valence-electron chi connectivity index (χ4n) is 1.23. The summed E-state index contributed by atoms with van der Waals surface area (Å²) in [7, 11) is -3.31. The second-order valence-corrected chi connectivity index (χ2v) is 4.99. The van der Waals surface area contributed by atoms with Crippen molar-refractivity contribution in [2.45, 2.75) is 6.42 Å². The average Bonchev–Trinajstić information content (AvgIpc) is 2.18.